The summed E-state index contributed by atoms with van der Waals surface area (Å²) >= 11 is 0. The quantitative estimate of drug-likeness (QED) is 0.806. The fourth-order valence-corrected chi connectivity index (χ4v) is 4.22. The number of nitrogens with one attached hydrogen (secondary N) is 2. The molecule has 3 rings (SSSR count). The summed E-state index contributed by atoms with van der Waals surface area (Å²) in [5, 5.41) is 2.98. The van der Waals surface area contributed by atoms with Crippen LogP contribution in [0.3, 0.4) is 0 Å². The second-order valence-corrected chi connectivity index (χ2v) is 8.80. The zero-order valence-electron chi connectivity index (χ0n) is 16.1. The molecule has 2 amide bonds. The highest BCUT2D eigenvalue weighted by molar-refractivity contribution is 7.88. The molecule has 0 unspecified atom stereocenters. The number of hydrogen-bond donors (Lipinski definition) is 2. The van der Waals surface area contributed by atoms with Gasteiger partial charge in [-0.3, -0.25) is 0 Å². The summed E-state index contributed by atoms with van der Waals surface area (Å²) in [4.78, 5) is 16.5. The van der Waals surface area contributed by atoms with Crippen molar-refractivity contribution in [3.63, 3.8) is 0 Å². The van der Waals surface area contributed by atoms with Gasteiger partial charge in [-0.25, -0.2) is 17.9 Å². The molecule has 150 valence electrons. The van der Waals surface area contributed by atoms with Gasteiger partial charge < -0.3 is 15.1 Å². The van der Waals surface area contributed by atoms with Crippen molar-refractivity contribution in [1.29, 1.82) is 0 Å². The number of amides is 2. The Kier molecular flexibility index (Phi) is 6.21. The van der Waals surface area contributed by atoms with Crippen LogP contribution in [0.2, 0.25) is 0 Å². The van der Waals surface area contributed by atoms with E-state index in [-0.39, 0.29) is 12.1 Å². The number of piperidine rings is 1. The number of hydrogen-bond acceptors (Lipinski definition) is 4. The molecule has 1 aliphatic heterocycles. The Hall–Kier alpha value is -2.58. The molecular weight excluding hydrogens is 376 g/mol. The van der Waals surface area contributed by atoms with E-state index in [1.165, 1.54) is 0 Å². The fraction of sp³-hybridized carbons (Fsp3) is 0.350. The number of nitrogens with zero attached hydrogens (tertiary/aromatic N) is 2. The normalized spacial score (nSPS) is 17.2. The Labute approximate surface area is 166 Å². The first-order valence-electron chi connectivity index (χ1n) is 9.24. The predicted octanol–water partition coefficient (Wildman–Crippen LogP) is 3.00. The highest BCUT2D eigenvalue weighted by Crippen LogP contribution is 2.30. The molecule has 0 bridgehead atoms. The molecule has 2 N–H and O–H groups in total. The van der Waals surface area contributed by atoms with Gasteiger partial charge in [0.05, 0.1) is 17.6 Å². The van der Waals surface area contributed by atoms with Gasteiger partial charge in [-0.05, 0) is 37.1 Å². The molecule has 1 saturated heterocycles. The number of urea groups is 1. The second-order valence-electron chi connectivity index (χ2n) is 7.02. The van der Waals surface area contributed by atoms with Crippen LogP contribution in [0, 0.1) is 0 Å². The lowest BCUT2D eigenvalue weighted by Crippen LogP contribution is -2.50. The zero-order valence-corrected chi connectivity index (χ0v) is 16.9. The molecule has 1 fully saturated rings. The van der Waals surface area contributed by atoms with Crippen molar-refractivity contribution in [2.75, 3.05) is 36.6 Å². The van der Waals surface area contributed by atoms with Gasteiger partial charge in [-0.1, -0.05) is 30.3 Å². The molecule has 2 aromatic rings. The molecule has 1 atom stereocenters. The van der Waals surface area contributed by atoms with Gasteiger partial charge in [0.25, 0.3) is 0 Å². The van der Waals surface area contributed by atoms with Gasteiger partial charge in [0.15, 0.2) is 0 Å². The standard InChI is InChI=1S/C20H26N4O3S/c1-23(17-10-4-3-5-11-17)19-13-7-6-12-18(19)21-20(25)24-14-8-9-16(15-24)22-28(2,26)27/h3-7,10-13,16,22H,8-9,14-15H2,1-2H3,(H,21,25)/t16-/m0/s1. The van der Waals surface area contributed by atoms with Crippen LogP contribution in [0.1, 0.15) is 12.8 Å². The van der Waals surface area contributed by atoms with Crippen LogP contribution >= 0.6 is 0 Å². The first kappa shape index (κ1) is 20.2. The number of carbonyl (C=O) groups excluding carboxylic acids is 1. The van der Waals surface area contributed by atoms with E-state index in [2.05, 4.69) is 10.0 Å². The predicted molar refractivity (Wildman–Crippen MR) is 113 cm³/mol. The third kappa shape index (κ3) is 5.24. The number of anilines is 3. The van der Waals surface area contributed by atoms with E-state index in [4.69, 9.17) is 0 Å². The van der Waals surface area contributed by atoms with Crippen molar-refractivity contribution in [3.05, 3.63) is 54.6 Å². The summed E-state index contributed by atoms with van der Waals surface area (Å²) in [6.07, 6.45) is 2.62. The minimum atomic E-state index is -3.30. The molecule has 8 heteroatoms. The van der Waals surface area contributed by atoms with Gasteiger partial charge >= 0.3 is 6.03 Å². The van der Waals surface area contributed by atoms with Gasteiger partial charge in [0.2, 0.25) is 10.0 Å². The first-order chi connectivity index (χ1) is 13.3. The van der Waals surface area contributed by atoms with Gasteiger partial charge in [-0.2, -0.15) is 0 Å². The van der Waals surface area contributed by atoms with Gasteiger partial charge in [0, 0.05) is 31.9 Å². The van der Waals surface area contributed by atoms with E-state index in [9.17, 15) is 13.2 Å². The van der Waals surface area contributed by atoms with Crippen LogP contribution in [-0.2, 0) is 10.0 Å². The number of benzene rings is 2. The first-order valence-corrected chi connectivity index (χ1v) is 11.1. The lowest BCUT2D eigenvalue weighted by atomic mass is 10.1. The molecule has 0 aliphatic carbocycles. The molecular formula is C20H26N4O3S. The third-order valence-corrected chi connectivity index (χ3v) is 5.50. The largest absolute Gasteiger partial charge is 0.343 e. The molecule has 0 saturated carbocycles. The molecule has 1 aliphatic rings. The highest BCUT2D eigenvalue weighted by atomic mass is 32.2. The Bertz CT molecular complexity index is 918. The summed E-state index contributed by atoms with van der Waals surface area (Å²) < 4.78 is 25.6. The molecule has 28 heavy (non-hydrogen) atoms. The Balaban J connectivity index is 1.72. The topological polar surface area (TPSA) is 81.8 Å². The monoisotopic (exact) mass is 402 g/mol. The van der Waals surface area contributed by atoms with Crippen LogP contribution in [0.5, 0.6) is 0 Å². The number of carbonyl (C=O) groups is 1. The molecule has 2 aromatic carbocycles. The van der Waals surface area contributed by atoms with Crippen molar-refractivity contribution >= 4 is 33.1 Å². The SMILES string of the molecule is CN(c1ccccc1)c1ccccc1NC(=O)N1CCC[C@H](NS(C)(=O)=O)C1. The molecule has 0 spiro atoms. The van der Waals surface area contributed by atoms with Crippen molar-refractivity contribution in [1.82, 2.24) is 9.62 Å². The minimum absolute atomic E-state index is 0.228. The molecule has 0 radical (unpaired) electrons. The van der Waals surface area contributed by atoms with Crippen molar-refractivity contribution in [3.8, 4) is 0 Å². The summed E-state index contributed by atoms with van der Waals surface area (Å²) in [5.74, 6) is 0. The molecule has 0 aromatic heterocycles. The van der Waals surface area contributed by atoms with E-state index in [1.54, 1.807) is 4.90 Å². The van der Waals surface area contributed by atoms with Gasteiger partial charge in [0.1, 0.15) is 0 Å². The van der Waals surface area contributed by atoms with Gasteiger partial charge in [-0.15, -0.1) is 0 Å². The number of para-hydroxylation sites is 3. The maximum atomic E-state index is 12.8. The number of sulfonamides is 1. The zero-order chi connectivity index (χ0) is 20.1. The smallest absolute Gasteiger partial charge is 0.321 e. The van der Waals surface area contributed by atoms with Crippen molar-refractivity contribution in [2.24, 2.45) is 0 Å². The van der Waals surface area contributed by atoms with Crippen LogP contribution < -0.4 is 14.9 Å². The van der Waals surface area contributed by atoms with Crippen LogP contribution in [0.4, 0.5) is 21.9 Å². The van der Waals surface area contributed by atoms with Crippen molar-refractivity contribution < 1.29 is 13.2 Å². The number of likely N-dealkylation sites (tertiary alicyclic amines) is 1. The Morgan fingerprint density at radius 3 is 2.50 bits per heavy atom. The molecule has 7 nitrogen and oxygen atoms in total. The second kappa shape index (κ2) is 8.62. The van der Waals surface area contributed by atoms with Crippen molar-refractivity contribution in [2.45, 2.75) is 18.9 Å². The Morgan fingerprint density at radius 1 is 1.11 bits per heavy atom. The number of rotatable bonds is 5. The maximum absolute atomic E-state index is 12.8. The minimum Gasteiger partial charge on any atom is -0.343 e. The van der Waals surface area contributed by atoms with E-state index >= 15 is 0 Å². The van der Waals surface area contributed by atoms with Crippen LogP contribution in [-0.4, -0.2) is 51.8 Å². The maximum Gasteiger partial charge on any atom is 0.321 e. The molecule has 1 heterocycles. The third-order valence-electron chi connectivity index (χ3n) is 4.74. The van der Waals surface area contributed by atoms with E-state index in [1.807, 2.05) is 66.5 Å². The summed E-state index contributed by atoms with van der Waals surface area (Å²) in [5.41, 5.74) is 2.60. The summed E-state index contributed by atoms with van der Waals surface area (Å²) in [7, 11) is -1.34. The summed E-state index contributed by atoms with van der Waals surface area (Å²) in [6.45, 7) is 0.958. The fourth-order valence-electron chi connectivity index (χ4n) is 3.42. The van der Waals surface area contributed by atoms with E-state index in [0.29, 0.717) is 18.8 Å². The average Bonchev–Trinajstić information content (AvgIpc) is 2.67. The van der Waals surface area contributed by atoms with E-state index < -0.39 is 10.0 Å². The van der Waals surface area contributed by atoms with E-state index in [0.717, 1.165) is 30.5 Å². The highest BCUT2D eigenvalue weighted by Gasteiger charge is 2.26. The summed E-state index contributed by atoms with van der Waals surface area (Å²) in [6, 6.07) is 17.0. The van der Waals surface area contributed by atoms with Crippen LogP contribution in [0.25, 0.3) is 0 Å². The van der Waals surface area contributed by atoms with Crippen LogP contribution in [0.15, 0.2) is 54.6 Å². The lowest BCUT2D eigenvalue weighted by molar-refractivity contribution is 0.190. The Morgan fingerprint density at radius 2 is 1.79 bits per heavy atom. The average molecular weight is 403 g/mol. The lowest BCUT2D eigenvalue weighted by Gasteiger charge is -2.33.